The van der Waals surface area contributed by atoms with Gasteiger partial charge in [0.2, 0.25) is 10.0 Å². The molecule has 184 valence electrons. The average molecular weight is 487 g/mol. The Kier molecular flexibility index (Phi) is 7.85. The van der Waals surface area contributed by atoms with E-state index in [9.17, 15) is 13.2 Å². The van der Waals surface area contributed by atoms with Crippen LogP contribution in [0, 0.1) is 0 Å². The van der Waals surface area contributed by atoms with Crippen molar-refractivity contribution in [1.82, 2.24) is 14.6 Å². The lowest BCUT2D eigenvalue weighted by atomic mass is 10.2. The van der Waals surface area contributed by atoms with Gasteiger partial charge in [-0.05, 0) is 56.5 Å². The highest BCUT2D eigenvalue weighted by Gasteiger charge is 2.26. The number of ether oxygens (including phenoxy) is 1. The fraction of sp³-hybridized carbons (Fsp3) is 0.520. The Morgan fingerprint density at radius 2 is 1.76 bits per heavy atom. The van der Waals surface area contributed by atoms with Crippen molar-refractivity contribution in [1.29, 1.82) is 0 Å². The number of amides is 1. The molecular weight excluding hydrogens is 452 g/mol. The molecule has 1 N–H and O–H groups in total. The lowest BCUT2D eigenvalue weighted by Gasteiger charge is -2.36. The Morgan fingerprint density at radius 1 is 1.06 bits per heavy atom. The maximum absolute atomic E-state index is 13.1. The molecular formula is C25H34N4O4S. The monoisotopic (exact) mass is 486 g/mol. The van der Waals surface area contributed by atoms with Crippen molar-refractivity contribution >= 4 is 21.7 Å². The van der Waals surface area contributed by atoms with E-state index in [1.807, 2.05) is 12.1 Å². The van der Waals surface area contributed by atoms with E-state index in [1.54, 1.807) is 28.7 Å². The number of pyridine rings is 1. The zero-order chi connectivity index (χ0) is 24.1. The molecule has 8 nitrogen and oxygen atoms in total. The number of aromatic nitrogens is 1. The lowest BCUT2D eigenvalue weighted by molar-refractivity contribution is -0.00546. The third-order valence-corrected chi connectivity index (χ3v) is 8.20. The van der Waals surface area contributed by atoms with Crippen molar-refractivity contribution in [2.24, 2.45) is 0 Å². The number of carbonyl (C=O) groups is 1. The highest BCUT2D eigenvalue weighted by molar-refractivity contribution is 7.89. The molecule has 1 aromatic heterocycles. The van der Waals surface area contributed by atoms with Gasteiger partial charge in [0, 0.05) is 44.5 Å². The molecule has 0 radical (unpaired) electrons. The third kappa shape index (κ3) is 5.95. The zero-order valence-electron chi connectivity index (χ0n) is 19.9. The summed E-state index contributed by atoms with van der Waals surface area (Å²) in [6.45, 7) is 7.08. The van der Waals surface area contributed by atoms with Crippen LogP contribution < -0.4 is 10.2 Å². The maximum Gasteiger partial charge on any atom is 0.251 e. The first-order valence-electron chi connectivity index (χ1n) is 12.1. The number of nitrogens with zero attached hydrogens (tertiary/aromatic N) is 3. The van der Waals surface area contributed by atoms with Crippen molar-refractivity contribution in [2.75, 3.05) is 31.1 Å². The van der Waals surface area contributed by atoms with E-state index >= 15 is 0 Å². The summed E-state index contributed by atoms with van der Waals surface area (Å²) in [7, 11) is -3.60. The van der Waals surface area contributed by atoms with Crippen LogP contribution in [0.2, 0.25) is 0 Å². The second-order valence-electron chi connectivity index (χ2n) is 9.22. The van der Waals surface area contributed by atoms with Crippen LogP contribution in [-0.2, 0) is 21.3 Å². The summed E-state index contributed by atoms with van der Waals surface area (Å²) in [4.78, 5) is 19.7. The van der Waals surface area contributed by atoms with Crippen molar-refractivity contribution < 1.29 is 17.9 Å². The molecule has 3 heterocycles. The second-order valence-corrected chi connectivity index (χ2v) is 11.2. The standard InChI is InChI=1S/C25H34N4O4S/c1-19-17-28(18-20(2)33-19)24-11-10-21(15-26-24)16-27-25(30)22-8-7-9-23(14-22)34(31,32)29-12-5-3-4-6-13-29/h7-11,14-15,19-20H,3-6,12-13,16-18H2,1-2H3,(H,27,30). The largest absolute Gasteiger partial charge is 0.372 e. The van der Waals surface area contributed by atoms with Gasteiger partial charge in [0.1, 0.15) is 5.82 Å². The Balaban J connectivity index is 1.38. The first-order valence-corrected chi connectivity index (χ1v) is 13.5. The van der Waals surface area contributed by atoms with Gasteiger partial charge >= 0.3 is 0 Å². The van der Waals surface area contributed by atoms with Crippen molar-refractivity contribution in [3.63, 3.8) is 0 Å². The molecule has 1 amide bonds. The van der Waals surface area contributed by atoms with Crippen LogP contribution in [0.25, 0.3) is 0 Å². The molecule has 2 unspecified atom stereocenters. The summed E-state index contributed by atoms with van der Waals surface area (Å²) >= 11 is 0. The molecule has 2 aromatic rings. The van der Waals surface area contributed by atoms with E-state index in [1.165, 1.54) is 6.07 Å². The molecule has 4 rings (SSSR count). The topological polar surface area (TPSA) is 91.8 Å². The normalized spacial score (nSPS) is 22.2. The van der Waals surface area contributed by atoms with E-state index in [0.29, 0.717) is 25.2 Å². The van der Waals surface area contributed by atoms with Gasteiger partial charge in [0.25, 0.3) is 5.91 Å². The van der Waals surface area contributed by atoms with Crippen LogP contribution in [0.4, 0.5) is 5.82 Å². The van der Waals surface area contributed by atoms with Gasteiger partial charge in [-0.2, -0.15) is 4.31 Å². The summed E-state index contributed by atoms with van der Waals surface area (Å²) in [5, 5.41) is 2.88. The third-order valence-electron chi connectivity index (χ3n) is 6.30. The quantitative estimate of drug-likeness (QED) is 0.674. The molecule has 0 aliphatic carbocycles. The highest BCUT2D eigenvalue weighted by Crippen LogP contribution is 2.22. The van der Waals surface area contributed by atoms with Crippen molar-refractivity contribution in [2.45, 2.75) is 63.2 Å². The minimum absolute atomic E-state index is 0.156. The van der Waals surface area contributed by atoms with E-state index in [2.05, 4.69) is 29.0 Å². The van der Waals surface area contributed by atoms with E-state index in [-0.39, 0.29) is 23.0 Å². The SMILES string of the molecule is CC1CN(c2ccc(CNC(=O)c3cccc(S(=O)(=O)N4CCCCCC4)c3)cn2)CC(C)O1. The number of benzene rings is 1. The molecule has 2 aliphatic rings. The molecule has 34 heavy (non-hydrogen) atoms. The van der Waals surface area contributed by atoms with Crippen LogP contribution in [-0.4, -0.2) is 62.0 Å². The summed E-state index contributed by atoms with van der Waals surface area (Å²) in [6.07, 6.45) is 5.92. The summed E-state index contributed by atoms with van der Waals surface area (Å²) in [5.74, 6) is 0.580. The number of anilines is 1. The molecule has 2 saturated heterocycles. The number of carbonyl (C=O) groups excluding carboxylic acids is 1. The number of sulfonamides is 1. The maximum atomic E-state index is 13.1. The van der Waals surface area contributed by atoms with Crippen LogP contribution in [0.1, 0.15) is 55.5 Å². The smallest absolute Gasteiger partial charge is 0.251 e. The number of hydrogen-bond acceptors (Lipinski definition) is 6. The Hall–Kier alpha value is -2.49. The summed E-state index contributed by atoms with van der Waals surface area (Å²) < 4.78 is 33.5. The fourth-order valence-electron chi connectivity index (χ4n) is 4.59. The van der Waals surface area contributed by atoms with Crippen LogP contribution in [0.15, 0.2) is 47.5 Å². The minimum atomic E-state index is -3.60. The van der Waals surface area contributed by atoms with Gasteiger partial charge in [0.15, 0.2) is 0 Å². The van der Waals surface area contributed by atoms with Gasteiger partial charge in [0.05, 0.1) is 17.1 Å². The Morgan fingerprint density at radius 3 is 2.41 bits per heavy atom. The summed E-state index contributed by atoms with van der Waals surface area (Å²) in [5.41, 5.74) is 1.21. The molecule has 2 fully saturated rings. The van der Waals surface area contributed by atoms with Gasteiger partial charge in [-0.1, -0.05) is 25.0 Å². The van der Waals surface area contributed by atoms with Crippen LogP contribution >= 0.6 is 0 Å². The lowest BCUT2D eigenvalue weighted by Crippen LogP contribution is -2.45. The highest BCUT2D eigenvalue weighted by atomic mass is 32.2. The number of morpholine rings is 1. The molecule has 9 heteroatoms. The molecule has 2 aliphatic heterocycles. The van der Waals surface area contributed by atoms with E-state index < -0.39 is 10.0 Å². The van der Waals surface area contributed by atoms with Gasteiger partial charge < -0.3 is 15.0 Å². The predicted octanol–water partition coefficient (Wildman–Crippen LogP) is 3.19. The van der Waals surface area contributed by atoms with Crippen molar-refractivity contribution in [3.8, 4) is 0 Å². The zero-order valence-corrected chi connectivity index (χ0v) is 20.8. The van der Waals surface area contributed by atoms with Crippen LogP contribution in [0.5, 0.6) is 0 Å². The molecule has 0 saturated carbocycles. The first-order chi connectivity index (χ1) is 16.3. The van der Waals surface area contributed by atoms with Gasteiger partial charge in [-0.15, -0.1) is 0 Å². The molecule has 0 bridgehead atoms. The number of rotatable bonds is 6. The molecule has 2 atom stereocenters. The van der Waals surface area contributed by atoms with Crippen molar-refractivity contribution in [3.05, 3.63) is 53.7 Å². The molecule has 1 aromatic carbocycles. The Bertz CT molecular complexity index is 1070. The minimum Gasteiger partial charge on any atom is -0.372 e. The Labute approximate surface area is 202 Å². The predicted molar refractivity (Wildman–Crippen MR) is 131 cm³/mol. The van der Waals surface area contributed by atoms with Gasteiger partial charge in [-0.25, -0.2) is 13.4 Å². The first kappa shape index (κ1) is 24.6. The average Bonchev–Trinajstić information content (AvgIpc) is 3.13. The molecule has 0 spiro atoms. The van der Waals surface area contributed by atoms with E-state index in [4.69, 9.17) is 4.74 Å². The van der Waals surface area contributed by atoms with E-state index in [0.717, 1.165) is 50.2 Å². The van der Waals surface area contributed by atoms with Gasteiger partial charge in [-0.3, -0.25) is 4.79 Å². The van der Waals surface area contributed by atoms with Crippen LogP contribution in [0.3, 0.4) is 0 Å². The number of nitrogens with one attached hydrogen (secondary N) is 1. The number of hydrogen-bond donors (Lipinski definition) is 1. The summed E-state index contributed by atoms with van der Waals surface area (Å²) in [6, 6.07) is 10.2. The second kappa shape index (κ2) is 10.8. The fourth-order valence-corrected chi connectivity index (χ4v) is 6.15.